The van der Waals surface area contributed by atoms with Crippen LogP contribution in [0.15, 0.2) is 32.3 Å². The van der Waals surface area contributed by atoms with Crippen LogP contribution < -0.4 is 10.6 Å². The highest BCUT2D eigenvalue weighted by Crippen LogP contribution is 2.40. The standard InChI is InChI=1S/C17H20BrFN6O3S/c1-20-16(21-10-3-4-13(19)12(18)6-10)15-17(24-28-23-15)22-14-7-11-5-9(14)8-25(11)29(2,26)27/h3-4,6,9,11,14H,5,7-8H2,1-2H3,(H,20,21)(H,22,24). The number of fused-ring (bicyclic) bond motifs is 2. The van der Waals surface area contributed by atoms with E-state index in [0.29, 0.717) is 40.5 Å². The summed E-state index contributed by atoms with van der Waals surface area (Å²) in [7, 11) is -1.59. The third kappa shape index (κ3) is 4.01. The molecular weight excluding hydrogens is 467 g/mol. The van der Waals surface area contributed by atoms with Crippen molar-refractivity contribution >= 4 is 43.3 Å². The molecule has 1 aliphatic carbocycles. The van der Waals surface area contributed by atoms with E-state index in [1.54, 1.807) is 23.5 Å². The zero-order valence-corrected chi connectivity index (χ0v) is 18.2. The Morgan fingerprint density at radius 3 is 2.79 bits per heavy atom. The van der Waals surface area contributed by atoms with Crippen LogP contribution in [0, 0.1) is 11.7 Å². The van der Waals surface area contributed by atoms with Gasteiger partial charge in [0.15, 0.2) is 11.5 Å². The van der Waals surface area contributed by atoms with Crippen LogP contribution in [0.5, 0.6) is 0 Å². The quantitative estimate of drug-likeness (QED) is 0.492. The van der Waals surface area contributed by atoms with E-state index in [9.17, 15) is 12.8 Å². The Kier molecular flexibility index (Phi) is 5.34. The van der Waals surface area contributed by atoms with Crippen molar-refractivity contribution in [2.75, 3.05) is 30.5 Å². The summed E-state index contributed by atoms with van der Waals surface area (Å²) in [6.45, 7) is 0.498. The lowest BCUT2D eigenvalue weighted by molar-refractivity contribution is 0.303. The van der Waals surface area contributed by atoms with Gasteiger partial charge in [0.25, 0.3) is 0 Å². The predicted octanol–water partition coefficient (Wildman–Crippen LogP) is 2.29. The molecule has 2 fully saturated rings. The number of anilines is 2. The average molecular weight is 487 g/mol. The van der Waals surface area contributed by atoms with Crippen LogP contribution in [-0.2, 0) is 10.0 Å². The molecule has 2 N–H and O–H groups in total. The van der Waals surface area contributed by atoms with Gasteiger partial charge in [0.05, 0.1) is 10.7 Å². The van der Waals surface area contributed by atoms with Crippen molar-refractivity contribution in [3.8, 4) is 0 Å². The fourth-order valence-corrected chi connectivity index (χ4v) is 5.60. The Hall–Kier alpha value is -2.05. The van der Waals surface area contributed by atoms with Crippen LogP contribution in [0.25, 0.3) is 0 Å². The van der Waals surface area contributed by atoms with Crippen LogP contribution in [0.3, 0.4) is 0 Å². The van der Waals surface area contributed by atoms with Gasteiger partial charge in [0.1, 0.15) is 5.82 Å². The zero-order chi connectivity index (χ0) is 20.8. The van der Waals surface area contributed by atoms with Crippen molar-refractivity contribution in [1.82, 2.24) is 14.6 Å². The molecule has 12 heteroatoms. The van der Waals surface area contributed by atoms with Crippen LogP contribution in [-0.4, -0.2) is 60.8 Å². The zero-order valence-electron chi connectivity index (χ0n) is 15.8. The Balaban J connectivity index is 1.48. The first-order chi connectivity index (χ1) is 13.8. The van der Waals surface area contributed by atoms with Crippen LogP contribution in [0.4, 0.5) is 15.9 Å². The summed E-state index contributed by atoms with van der Waals surface area (Å²) in [4.78, 5) is 4.21. The molecule has 1 saturated heterocycles. The molecule has 2 bridgehead atoms. The first kappa shape index (κ1) is 20.2. The van der Waals surface area contributed by atoms with E-state index >= 15 is 0 Å². The third-order valence-electron chi connectivity index (χ3n) is 5.36. The largest absolute Gasteiger partial charge is 0.362 e. The van der Waals surface area contributed by atoms with Crippen LogP contribution >= 0.6 is 15.9 Å². The fraction of sp³-hybridized carbons (Fsp3) is 0.471. The number of hydrogen-bond acceptors (Lipinski definition) is 7. The number of hydrogen-bond donors (Lipinski definition) is 2. The van der Waals surface area contributed by atoms with E-state index < -0.39 is 10.0 Å². The number of nitrogens with zero attached hydrogens (tertiary/aromatic N) is 4. The van der Waals surface area contributed by atoms with Gasteiger partial charge in [-0.15, -0.1) is 0 Å². The Bertz CT molecular complexity index is 1060. The highest BCUT2D eigenvalue weighted by atomic mass is 79.9. The molecular formula is C17H20BrFN6O3S. The van der Waals surface area contributed by atoms with Gasteiger partial charge >= 0.3 is 0 Å². The number of piperidine rings is 1. The molecule has 1 aliphatic heterocycles. The molecule has 2 aliphatic rings. The SMILES string of the molecule is CN=C(Nc1ccc(F)c(Br)c1)c1nonc1NC1CC2CC1CN2S(C)(=O)=O. The van der Waals surface area contributed by atoms with E-state index in [-0.39, 0.29) is 23.8 Å². The summed E-state index contributed by atoms with van der Waals surface area (Å²) in [6.07, 6.45) is 2.77. The molecule has 2 aromatic rings. The second-order valence-electron chi connectivity index (χ2n) is 7.26. The highest BCUT2D eigenvalue weighted by Gasteiger charge is 2.48. The molecule has 9 nitrogen and oxygen atoms in total. The highest BCUT2D eigenvalue weighted by molar-refractivity contribution is 9.10. The van der Waals surface area contributed by atoms with Gasteiger partial charge in [-0.25, -0.2) is 17.4 Å². The molecule has 3 unspecified atom stereocenters. The maximum Gasteiger partial charge on any atom is 0.211 e. The number of halogens is 2. The number of benzene rings is 1. The average Bonchev–Trinajstić information content (AvgIpc) is 3.38. The van der Waals surface area contributed by atoms with Crippen LogP contribution in [0.1, 0.15) is 18.5 Å². The minimum atomic E-state index is -3.19. The maximum absolute atomic E-state index is 13.5. The molecule has 1 aromatic carbocycles. The van der Waals surface area contributed by atoms with E-state index in [1.807, 2.05) is 0 Å². The molecule has 4 rings (SSSR count). The Morgan fingerprint density at radius 2 is 2.17 bits per heavy atom. The molecule has 3 atom stereocenters. The van der Waals surface area contributed by atoms with Crippen molar-refractivity contribution in [3.63, 3.8) is 0 Å². The van der Waals surface area contributed by atoms with Gasteiger partial charge in [0.2, 0.25) is 15.8 Å². The number of amidine groups is 1. The molecule has 2 heterocycles. The van der Waals surface area contributed by atoms with E-state index in [1.165, 1.54) is 12.3 Å². The molecule has 156 valence electrons. The first-order valence-corrected chi connectivity index (χ1v) is 11.7. The maximum atomic E-state index is 13.5. The Morgan fingerprint density at radius 1 is 1.38 bits per heavy atom. The fourth-order valence-electron chi connectivity index (χ4n) is 4.04. The van der Waals surface area contributed by atoms with E-state index in [4.69, 9.17) is 4.63 Å². The van der Waals surface area contributed by atoms with E-state index in [2.05, 4.69) is 41.9 Å². The number of nitrogens with one attached hydrogen (secondary N) is 2. The van der Waals surface area contributed by atoms with Crippen molar-refractivity contribution in [2.45, 2.75) is 24.9 Å². The number of rotatable bonds is 5. The molecule has 0 radical (unpaired) electrons. The summed E-state index contributed by atoms with van der Waals surface area (Å²) in [5.74, 6) is 0.675. The van der Waals surface area contributed by atoms with Crippen molar-refractivity contribution in [1.29, 1.82) is 0 Å². The number of sulfonamides is 1. The van der Waals surface area contributed by atoms with Gasteiger partial charge in [-0.2, -0.15) is 4.31 Å². The van der Waals surface area contributed by atoms with Gasteiger partial charge in [-0.05, 0) is 63.2 Å². The summed E-state index contributed by atoms with van der Waals surface area (Å²) in [5.41, 5.74) is 1.02. The molecule has 0 spiro atoms. The second-order valence-corrected chi connectivity index (χ2v) is 10.0. The summed E-state index contributed by atoms with van der Waals surface area (Å²) in [5, 5.41) is 14.3. The number of aliphatic imine (C=N–C) groups is 1. The predicted molar refractivity (Wildman–Crippen MR) is 110 cm³/mol. The molecule has 1 saturated carbocycles. The molecule has 0 amide bonds. The van der Waals surface area contributed by atoms with Crippen molar-refractivity contribution in [2.24, 2.45) is 10.9 Å². The van der Waals surface area contributed by atoms with Gasteiger partial charge in [-0.3, -0.25) is 4.99 Å². The minimum absolute atomic E-state index is 0.00446. The van der Waals surface area contributed by atoms with Gasteiger partial charge < -0.3 is 10.6 Å². The van der Waals surface area contributed by atoms with Crippen LogP contribution in [0.2, 0.25) is 0 Å². The lowest BCUT2D eigenvalue weighted by atomic mass is 10.0. The van der Waals surface area contributed by atoms with Gasteiger partial charge in [0, 0.05) is 31.4 Å². The first-order valence-electron chi connectivity index (χ1n) is 9.01. The lowest BCUT2D eigenvalue weighted by Crippen LogP contribution is -2.43. The second kappa shape index (κ2) is 7.65. The monoisotopic (exact) mass is 486 g/mol. The normalized spacial score (nSPS) is 24.8. The third-order valence-corrected chi connectivity index (χ3v) is 7.27. The van der Waals surface area contributed by atoms with Crippen molar-refractivity contribution < 1.29 is 17.4 Å². The number of aromatic nitrogens is 2. The summed E-state index contributed by atoms with van der Waals surface area (Å²) in [6, 6.07) is 4.59. The van der Waals surface area contributed by atoms with E-state index in [0.717, 1.165) is 6.42 Å². The van der Waals surface area contributed by atoms with Crippen molar-refractivity contribution in [3.05, 3.63) is 34.2 Å². The summed E-state index contributed by atoms with van der Waals surface area (Å²) < 4.78 is 44.0. The molecule has 1 aromatic heterocycles. The van der Waals surface area contributed by atoms with Gasteiger partial charge in [-0.1, -0.05) is 0 Å². The summed E-state index contributed by atoms with van der Waals surface area (Å²) >= 11 is 3.16. The minimum Gasteiger partial charge on any atom is -0.362 e. The lowest BCUT2D eigenvalue weighted by Gasteiger charge is -2.30. The molecule has 29 heavy (non-hydrogen) atoms. The Labute approximate surface area is 175 Å². The topological polar surface area (TPSA) is 113 Å². The smallest absolute Gasteiger partial charge is 0.211 e.